The molecule has 17 heavy (non-hydrogen) atoms. The van der Waals surface area contributed by atoms with Crippen LogP contribution in [0.25, 0.3) is 0 Å². The fraction of sp³-hybridized carbons (Fsp3) is 0.600. The zero-order chi connectivity index (χ0) is 13.2. The second-order valence-corrected chi connectivity index (χ2v) is 7.01. The Morgan fingerprint density at radius 1 is 1.47 bits per heavy atom. The Kier molecular flexibility index (Phi) is 4.77. The minimum absolute atomic E-state index is 0.156. The van der Waals surface area contributed by atoms with E-state index in [4.69, 9.17) is 4.42 Å². The molecule has 1 rings (SSSR count). The summed E-state index contributed by atoms with van der Waals surface area (Å²) in [6.07, 6.45) is 0. The van der Waals surface area contributed by atoms with Crippen molar-refractivity contribution < 1.29 is 12.8 Å². The topological polar surface area (TPSA) is 62.6 Å². The molecule has 0 amide bonds. The van der Waals surface area contributed by atoms with Crippen LogP contribution in [-0.2, 0) is 16.6 Å². The van der Waals surface area contributed by atoms with Gasteiger partial charge < -0.3 is 9.73 Å². The number of furan rings is 1. The van der Waals surface area contributed by atoms with E-state index in [-0.39, 0.29) is 9.56 Å². The SMILES string of the molecule is CC(C)NCc1cc(S(=O)(=O)N(C)C)c(Br)o1. The van der Waals surface area contributed by atoms with Crippen molar-refractivity contribution in [3.05, 3.63) is 16.5 Å². The molecule has 1 heterocycles. The fourth-order valence-corrected chi connectivity index (χ4v) is 3.02. The van der Waals surface area contributed by atoms with Gasteiger partial charge in [0.05, 0.1) is 6.54 Å². The molecular weight excluding hydrogens is 308 g/mol. The standard InChI is InChI=1S/C10H17BrN2O3S/c1-7(2)12-6-8-5-9(10(11)16-8)17(14,15)13(3)4/h5,7,12H,6H2,1-4H3. The lowest BCUT2D eigenvalue weighted by Crippen LogP contribution is -2.22. The number of rotatable bonds is 5. The first-order chi connectivity index (χ1) is 7.75. The maximum atomic E-state index is 11.9. The summed E-state index contributed by atoms with van der Waals surface area (Å²) in [5.41, 5.74) is 0. The van der Waals surface area contributed by atoms with Gasteiger partial charge in [-0.3, -0.25) is 0 Å². The largest absolute Gasteiger partial charge is 0.452 e. The molecule has 1 aromatic heterocycles. The van der Waals surface area contributed by atoms with E-state index in [0.717, 1.165) is 4.31 Å². The molecule has 0 atom stereocenters. The quantitative estimate of drug-likeness (QED) is 0.897. The smallest absolute Gasteiger partial charge is 0.246 e. The van der Waals surface area contributed by atoms with Gasteiger partial charge in [-0.25, -0.2) is 12.7 Å². The van der Waals surface area contributed by atoms with Gasteiger partial charge in [-0.2, -0.15) is 0 Å². The summed E-state index contributed by atoms with van der Waals surface area (Å²) in [5, 5.41) is 3.16. The number of hydrogen-bond acceptors (Lipinski definition) is 4. The molecule has 0 fully saturated rings. The molecule has 0 bridgehead atoms. The Hall–Kier alpha value is -0.370. The summed E-state index contributed by atoms with van der Waals surface area (Å²) in [6.45, 7) is 4.52. The van der Waals surface area contributed by atoms with Gasteiger partial charge in [-0.1, -0.05) is 13.8 Å². The van der Waals surface area contributed by atoms with Crippen LogP contribution in [0.15, 0.2) is 20.0 Å². The van der Waals surface area contributed by atoms with Crippen molar-refractivity contribution in [2.24, 2.45) is 0 Å². The van der Waals surface area contributed by atoms with Crippen molar-refractivity contribution in [1.82, 2.24) is 9.62 Å². The van der Waals surface area contributed by atoms with Crippen LogP contribution in [0.3, 0.4) is 0 Å². The van der Waals surface area contributed by atoms with Crippen LogP contribution in [0.5, 0.6) is 0 Å². The van der Waals surface area contributed by atoms with Crippen LogP contribution < -0.4 is 5.32 Å². The zero-order valence-corrected chi connectivity index (χ0v) is 12.7. The number of halogens is 1. The van der Waals surface area contributed by atoms with E-state index in [1.807, 2.05) is 13.8 Å². The van der Waals surface area contributed by atoms with Gasteiger partial charge in [0.15, 0.2) is 4.67 Å². The average molecular weight is 325 g/mol. The van der Waals surface area contributed by atoms with Crippen molar-refractivity contribution in [2.75, 3.05) is 14.1 Å². The minimum Gasteiger partial charge on any atom is -0.452 e. The Balaban J connectivity index is 2.97. The predicted molar refractivity (Wildman–Crippen MR) is 69.3 cm³/mol. The van der Waals surface area contributed by atoms with Crippen LogP contribution in [0, 0.1) is 0 Å². The van der Waals surface area contributed by atoms with Crippen molar-refractivity contribution in [2.45, 2.75) is 31.3 Å². The zero-order valence-electron chi connectivity index (χ0n) is 10.3. The number of nitrogens with one attached hydrogen (secondary N) is 1. The molecule has 0 aromatic carbocycles. The second kappa shape index (κ2) is 5.51. The van der Waals surface area contributed by atoms with Crippen molar-refractivity contribution >= 4 is 26.0 Å². The molecule has 0 spiro atoms. The molecule has 0 aliphatic carbocycles. The molecule has 1 N–H and O–H groups in total. The summed E-state index contributed by atoms with van der Waals surface area (Å²) in [6, 6.07) is 1.85. The Morgan fingerprint density at radius 2 is 2.06 bits per heavy atom. The van der Waals surface area contributed by atoms with Crippen LogP contribution in [0.1, 0.15) is 19.6 Å². The lowest BCUT2D eigenvalue weighted by molar-refractivity contribution is 0.446. The molecule has 0 unspecified atom stereocenters. The van der Waals surface area contributed by atoms with Gasteiger partial charge in [0.1, 0.15) is 10.7 Å². The Labute approximate surface area is 110 Å². The van der Waals surface area contributed by atoms with Crippen LogP contribution in [0.2, 0.25) is 0 Å². The molecule has 5 nitrogen and oxygen atoms in total. The second-order valence-electron chi connectivity index (χ2n) is 4.17. The van der Waals surface area contributed by atoms with Gasteiger partial charge in [0, 0.05) is 26.2 Å². The Bertz CT molecular complexity index is 480. The third-order valence-corrected chi connectivity index (χ3v) is 4.82. The lowest BCUT2D eigenvalue weighted by Gasteiger charge is -2.08. The molecule has 0 aliphatic heterocycles. The number of nitrogens with zero attached hydrogens (tertiary/aromatic N) is 1. The third kappa shape index (κ3) is 3.54. The highest BCUT2D eigenvalue weighted by molar-refractivity contribution is 9.10. The highest BCUT2D eigenvalue weighted by Crippen LogP contribution is 2.27. The van der Waals surface area contributed by atoms with E-state index in [0.29, 0.717) is 18.3 Å². The maximum Gasteiger partial charge on any atom is 0.246 e. The maximum absolute atomic E-state index is 11.9. The van der Waals surface area contributed by atoms with E-state index in [1.54, 1.807) is 0 Å². The highest BCUT2D eigenvalue weighted by Gasteiger charge is 2.24. The van der Waals surface area contributed by atoms with Crippen molar-refractivity contribution in [3.63, 3.8) is 0 Å². The van der Waals surface area contributed by atoms with E-state index >= 15 is 0 Å². The van der Waals surface area contributed by atoms with Gasteiger partial charge >= 0.3 is 0 Å². The predicted octanol–water partition coefficient (Wildman–Crippen LogP) is 1.79. The molecule has 0 saturated carbocycles. The summed E-state index contributed by atoms with van der Waals surface area (Å²) >= 11 is 3.13. The normalized spacial score (nSPS) is 12.6. The molecule has 0 aliphatic rings. The van der Waals surface area contributed by atoms with Gasteiger partial charge in [0.2, 0.25) is 10.0 Å². The van der Waals surface area contributed by atoms with Crippen molar-refractivity contribution in [1.29, 1.82) is 0 Å². The van der Waals surface area contributed by atoms with Gasteiger partial charge in [0.25, 0.3) is 0 Å². The first-order valence-corrected chi connectivity index (χ1v) is 7.42. The third-order valence-electron chi connectivity index (χ3n) is 2.15. The highest BCUT2D eigenvalue weighted by atomic mass is 79.9. The number of sulfonamides is 1. The van der Waals surface area contributed by atoms with Crippen LogP contribution in [0.4, 0.5) is 0 Å². The fourth-order valence-electron chi connectivity index (χ4n) is 1.16. The van der Waals surface area contributed by atoms with Crippen LogP contribution >= 0.6 is 15.9 Å². The average Bonchev–Trinajstić information content (AvgIpc) is 2.57. The van der Waals surface area contributed by atoms with E-state index in [1.165, 1.54) is 20.2 Å². The van der Waals surface area contributed by atoms with E-state index in [9.17, 15) is 8.42 Å². The lowest BCUT2D eigenvalue weighted by atomic mass is 10.3. The summed E-state index contributed by atoms with van der Waals surface area (Å²) in [7, 11) is -0.487. The molecule has 0 saturated heterocycles. The monoisotopic (exact) mass is 324 g/mol. The molecule has 0 radical (unpaired) electrons. The van der Waals surface area contributed by atoms with E-state index < -0.39 is 10.0 Å². The first kappa shape index (κ1) is 14.7. The molecule has 7 heteroatoms. The van der Waals surface area contributed by atoms with Gasteiger partial charge in [-0.15, -0.1) is 0 Å². The van der Waals surface area contributed by atoms with E-state index in [2.05, 4.69) is 21.2 Å². The summed E-state index contributed by atoms with van der Waals surface area (Å²) in [5.74, 6) is 0.589. The van der Waals surface area contributed by atoms with Gasteiger partial charge in [-0.05, 0) is 15.9 Å². The minimum atomic E-state index is -3.46. The van der Waals surface area contributed by atoms with Crippen molar-refractivity contribution in [3.8, 4) is 0 Å². The molecule has 98 valence electrons. The Morgan fingerprint density at radius 3 is 2.53 bits per heavy atom. The first-order valence-electron chi connectivity index (χ1n) is 5.19. The summed E-state index contributed by atoms with van der Waals surface area (Å²) < 4.78 is 30.6. The van der Waals surface area contributed by atoms with Crippen LogP contribution in [-0.4, -0.2) is 32.9 Å². The summed E-state index contributed by atoms with van der Waals surface area (Å²) in [4.78, 5) is 0.156. The molecule has 1 aromatic rings. The number of hydrogen-bond donors (Lipinski definition) is 1. The molecular formula is C10H17BrN2O3S.